The Morgan fingerprint density at radius 3 is 2.48 bits per heavy atom. The molecule has 1 N–H and O–H groups in total. The maximum absolute atomic E-state index is 12.2. The van der Waals surface area contributed by atoms with E-state index in [-0.39, 0.29) is 5.91 Å². The van der Waals surface area contributed by atoms with Crippen LogP contribution in [0.3, 0.4) is 0 Å². The highest BCUT2D eigenvalue weighted by Crippen LogP contribution is 2.27. The van der Waals surface area contributed by atoms with E-state index in [4.69, 9.17) is 23.2 Å². The summed E-state index contributed by atoms with van der Waals surface area (Å²) in [5, 5.41) is 5.17. The predicted octanol–water partition coefficient (Wildman–Crippen LogP) is 5.71. The molecule has 1 heterocycles. The molecule has 0 aliphatic carbocycles. The van der Waals surface area contributed by atoms with E-state index in [2.05, 4.69) is 21.2 Å². The molecule has 3 rings (SSSR count). The van der Waals surface area contributed by atoms with E-state index in [9.17, 15) is 4.79 Å². The van der Waals surface area contributed by atoms with E-state index in [1.54, 1.807) is 12.3 Å². The zero-order chi connectivity index (χ0) is 21.1. The number of aryl methyl sites for hydroxylation is 3. The summed E-state index contributed by atoms with van der Waals surface area (Å²) in [6.07, 6.45) is 1.96. The summed E-state index contributed by atoms with van der Waals surface area (Å²) in [7, 11) is 0. The van der Waals surface area contributed by atoms with Crippen molar-refractivity contribution in [1.29, 1.82) is 0 Å². The predicted molar refractivity (Wildman–Crippen MR) is 121 cm³/mol. The molecule has 4 nitrogen and oxygen atoms in total. The van der Waals surface area contributed by atoms with Crippen molar-refractivity contribution < 1.29 is 4.79 Å². The Labute approximate surface area is 181 Å². The third-order valence-electron chi connectivity index (χ3n) is 4.87. The summed E-state index contributed by atoms with van der Waals surface area (Å²) >= 11 is 12.2. The molecule has 0 atom stereocenters. The van der Waals surface area contributed by atoms with Gasteiger partial charge in [-0.1, -0.05) is 47.0 Å². The van der Waals surface area contributed by atoms with Gasteiger partial charge in [-0.25, -0.2) is 5.43 Å². The normalized spacial score (nSPS) is 11.2. The van der Waals surface area contributed by atoms with Crippen LogP contribution in [0.4, 0.5) is 0 Å². The van der Waals surface area contributed by atoms with Crippen LogP contribution in [0.25, 0.3) is 5.69 Å². The molecular weight excluding hydrogens is 405 g/mol. The quantitative estimate of drug-likeness (QED) is 0.411. The molecule has 1 aromatic heterocycles. The lowest BCUT2D eigenvalue weighted by Crippen LogP contribution is -2.20. The van der Waals surface area contributed by atoms with Crippen LogP contribution in [0, 0.1) is 27.7 Å². The number of carbonyl (C=O) groups is 1. The van der Waals surface area contributed by atoms with Gasteiger partial charge in [-0.05, 0) is 63.1 Å². The van der Waals surface area contributed by atoms with Crippen molar-refractivity contribution in [3.8, 4) is 5.69 Å². The number of rotatable bonds is 5. The fraction of sp³-hybridized carbons (Fsp3) is 0.217. The summed E-state index contributed by atoms with van der Waals surface area (Å²) in [6, 6.07) is 13.6. The molecule has 0 aliphatic rings. The van der Waals surface area contributed by atoms with E-state index in [1.165, 1.54) is 5.56 Å². The Balaban J connectivity index is 1.72. The van der Waals surface area contributed by atoms with Gasteiger partial charge < -0.3 is 4.57 Å². The molecule has 0 saturated heterocycles. The van der Waals surface area contributed by atoms with Gasteiger partial charge >= 0.3 is 0 Å². The van der Waals surface area contributed by atoms with Crippen molar-refractivity contribution in [2.45, 2.75) is 34.1 Å². The molecule has 150 valence electrons. The van der Waals surface area contributed by atoms with Crippen LogP contribution in [0.2, 0.25) is 10.0 Å². The molecule has 6 heteroatoms. The summed E-state index contributed by atoms with van der Waals surface area (Å²) in [4.78, 5) is 12.2. The van der Waals surface area contributed by atoms with Crippen LogP contribution >= 0.6 is 23.2 Å². The minimum atomic E-state index is -0.147. The van der Waals surface area contributed by atoms with Crippen LogP contribution in [0.1, 0.15) is 33.6 Å². The third-order valence-corrected chi connectivity index (χ3v) is 5.61. The van der Waals surface area contributed by atoms with Gasteiger partial charge in [0.25, 0.3) is 0 Å². The van der Waals surface area contributed by atoms with Gasteiger partial charge in [0.2, 0.25) is 5.91 Å². The Morgan fingerprint density at radius 1 is 1.03 bits per heavy atom. The average Bonchev–Trinajstić information content (AvgIpc) is 2.93. The zero-order valence-electron chi connectivity index (χ0n) is 16.9. The van der Waals surface area contributed by atoms with Gasteiger partial charge in [0.15, 0.2) is 0 Å². The second-order valence-electron chi connectivity index (χ2n) is 7.16. The Kier molecular flexibility index (Phi) is 6.46. The van der Waals surface area contributed by atoms with Crippen molar-refractivity contribution in [1.82, 2.24) is 9.99 Å². The molecule has 1 amide bonds. The first-order valence-corrected chi connectivity index (χ1v) is 10.0. The van der Waals surface area contributed by atoms with Crippen molar-refractivity contribution in [2.75, 3.05) is 0 Å². The molecule has 0 aliphatic heterocycles. The molecule has 0 unspecified atom stereocenters. The molecule has 0 saturated carbocycles. The second-order valence-corrected chi connectivity index (χ2v) is 7.97. The first kappa shape index (κ1) is 21.2. The highest BCUT2D eigenvalue weighted by Gasteiger charge is 2.11. The van der Waals surface area contributed by atoms with Gasteiger partial charge in [-0.15, -0.1) is 0 Å². The van der Waals surface area contributed by atoms with E-state index in [0.29, 0.717) is 16.5 Å². The molecule has 29 heavy (non-hydrogen) atoms. The third kappa shape index (κ3) is 4.89. The lowest BCUT2D eigenvalue weighted by atomic mass is 10.0. The number of amides is 1. The molecule has 0 fully saturated rings. The number of nitrogens with one attached hydrogen (secondary N) is 1. The first-order chi connectivity index (χ1) is 13.8. The highest BCUT2D eigenvalue weighted by atomic mass is 35.5. The standard InChI is InChI=1S/C23H23Cl2N3O/c1-14-5-6-18(15(2)9-14)11-23(29)27-26-13-19-10-16(3)28(17(19)4)20-7-8-21(24)22(25)12-20/h5-10,12-13H,11H2,1-4H3,(H,27,29)/b26-13+. The fourth-order valence-electron chi connectivity index (χ4n) is 3.37. The van der Waals surface area contributed by atoms with Crippen molar-refractivity contribution in [3.63, 3.8) is 0 Å². The monoisotopic (exact) mass is 427 g/mol. The maximum Gasteiger partial charge on any atom is 0.244 e. The van der Waals surface area contributed by atoms with Crippen LogP contribution in [0.15, 0.2) is 47.6 Å². The molecule has 0 spiro atoms. The summed E-state index contributed by atoms with van der Waals surface area (Å²) in [6.45, 7) is 8.05. The number of halogens is 2. The number of hydrogen-bond acceptors (Lipinski definition) is 2. The van der Waals surface area contributed by atoms with Crippen LogP contribution < -0.4 is 5.43 Å². The van der Waals surface area contributed by atoms with Gasteiger partial charge in [0.1, 0.15) is 0 Å². The van der Waals surface area contributed by atoms with Crippen molar-refractivity contribution in [3.05, 3.63) is 86.2 Å². The Bertz CT molecular complexity index is 1100. The smallest absolute Gasteiger partial charge is 0.244 e. The minimum absolute atomic E-state index is 0.147. The van der Waals surface area contributed by atoms with Crippen molar-refractivity contribution in [2.24, 2.45) is 5.10 Å². The number of aromatic nitrogens is 1. The maximum atomic E-state index is 12.2. The zero-order valence-corrected chi connectivity index (χ0v) is 18.4. The lowest BCUT2D eigenvalue weighted by molar-refractivity contribution is -0.120. The van der Waals surface area contributed by atoms with Gasteiger partial charge in [-0.3, -0.25) is 4.79 Å². The molecule has 0 bridgehead atoms. The number of benzene rings is 2. The van der Waals surface area contributed by atoms with Gasteiger partial charge in [0.05, 0.1) is 22.7 Å². The van der Waals surface area contributed by atoms with E-state index in [0.717, 1.165) is 33.8 Å². The SMILES string of the molecule is Cc1ccc(CC(=O)N/N=C/c2cc(C)n(-c3ccc(Cl)c(Cl)c3)c2C)c(C)c1. The first-order valence-electron chi connectivity index (χ1n) is 9.28. The summed E-state index contributed by atoms with van der Waals surface area (Å²) in [5.41, 5.74) is 9.77. The highest BCUT2D eigenvalue weighted by molar-refractivity contribution is 6.42. The van der Waals surface area contributed by atoms with Crippen LogP contribution in [-0.4, -0.2) is 16.7 Å². The lowest BCUT2D eigenvalue weighted by Gasteiger charge is -2.10. The minimum Gasteiger partial charge on any atom is -0.318 e. The van der Waals surface area contributed by atoms with Crippen LogP contribution in [-0.2, 0) is 11.2 Å². The summed E-state index contributed by atoms with van der Waals surface area (Å²) < 4.78 is 2.07. The fourth-order valence-corrected chi connectivity index (χ4v) is 3.66. The number of nitrogens with zero attached hydrogens (tertiary/aromatic N) is 2. The summed E-state index contributed by atoms with van der Waals surface area (Å²) in [5.74, 6) is -0.147. The molecule has 0 radical (unpaired) electrons. The molecule has 3 aromatic rings. The van der Waals surface area contributed by atoms with Crippen LogP contribution in [0.5, 0.6) is 0 Å². The molecule has 2 aromatic carbocycles. The number of hydrazone groups is 1. The second kappa shape index (κ2) is 8.85. The van der Waals surface area contributed by atoms with E-state index >= 15 is 0 Å². The molecular formula is C23H23Cl2N3O. The Morgan fingerprint density at radius 2 is 1.79 bits per heavy atom. The van der Waals surface area contributed by atoms with Gasteiger partial charge in [-0.2, -0.15) is 5.10 Å². The topological polar surface area (TPSA) is 46.4 Å². The largest absolute Gasteiger partial charge is 0.318 e. The van der Waals surface area contributed by atoms with Crippen molar-refractivity contribution >= 4 is 35.3 Å². The van der Waals surface area contributed by atoms with E-state index in [1.807, 2.05) is 58.0 Å². The van der Waals surface area contributed by atoms with Gasteiger partial charge in [0, 0.05) is 22.6 Å². The number of carbonyl (C=O) groups excluding carboxylic acids is 1. The average molecular weight is 428 g/mol. The Hall–Kier alpha value is -2.56. The number of hydrogen-bond donors (Lipinski definition) is 1. The van der Waals surface area contributed by atoms with E-state index < -0.39 is 0 Å².